The van der Waals surface area contributed by atoms with Crippen molar-refractivity contribution in [3.63, 3.8) is 0 Å². The first-order chi connectivity index (χ1) is 9.08. The van der Waals surface area contributed by atoms with Crippen molar-refractivity contribution >= 4 is 11.6 Å². The molecule has 0 aliphatic heterocycles. The summed E-state index contributed by atoms with van der Waals surface area (Å²) in [6.07, 6.45) is 0.125. The van der Waals surface area contributed by atoms with Crippen LogP contribution >= 0.6 is 11.6 Å². The van der Waals surface area contributed by atoms with Gasteiger partial charge in [0.15, 0.2) is 0 Å². The van der Waals surface area contributed by atoms with Crippen LogP contribution in [0.2, 0.25) is 5.02 Å². The lowest BCUT2D eigenvalue weighted by atomic mass is 10.0. The molecule has 0 spiro atoms. The number of alkyl halides is 2. The van der Waals surface area contributed by atoms with Crippen LogP contribution in [0, 0.1) is 0 Å². The number of rotatable bonds is 4. The molecule has 100 valence electrons. The normalized spacial score (nSPS) is 12.7. The summed E-state index contributed by atoms with van der Waals surface area (Å²) in [5, 5.41) is 10.5. The topological polar surface area (TPSA) is 33.1 Å². The van der Waals surface area contributed by atoms with Crippen LogP contribution in [-0.2, 0) is 6.42 Å². The number of benzene rings is 1. The molecular formula is C14H12ClF2NO. The van der Waals surface area contributed by atoms with Crippen LogP contribution < -0.4 is 0 Å². The van der Waals surface area contributed by atoms with Gasteiger partial charge in [-0.15, -0.1) is 0 Å². The molecule has 1 aromatic carbocycles. The lowest BCUT2D eigenvalue weighted by molar-refractivity contribution is 0.151. The van der Waals surface area contributed by atoms with Gasteiger partial charge in [0.2, 0.25) is 0 Å². The van der Waals surface area contributed by atoms with Gasteiger partial charge in [0.25, 0.3) is 6.43 Å². The summed E-state index contributed by atoms with van der Waals surface area (Å²) in [5.74, 6) is 0. The minimum atomic E-state index is -2.50. The van der Waals surface area contributed by atoms with Crippen molar-refractivity contribution in [1.82, 2.24) is 4.98 Å². The van der Waals surface area contributed by atoms with Crippen LogP contribution in [0.25, 0.3) is 0 Å². The van der Waals surface area contributed by atoms with Gasteiger partial charge in [-0.05, 0) is 17.2 Å². The van der Waals surface area contributed by atoms with Crippen LogP contribution in [0.15, 0.2) is 42.7 Å². The second kappa shape index (κ2) is 6.08. The first-order valence-electron chi connectivity index (χ1n) is 5.72. The van der Waals surface area contributed by atoms with E-state index in [2.05, 4.69) is 4.98 Å². The van der Waals surface area contributed by atoms with E-state index in [-0.39, 0.29) is 5.56 Å². The van der Waals surface area contributed by atoms with E-state index >= 15 is 0 Å². The molecule has 0 saturated carbocycles. The predicted molar refractivity (Wildman–Crippen MR) is 69.3 cm³/mol. The van der Waals surface area contributed by atoms with Gasteiger partial charge >= 0.3 is 0 Å². The van der Waals surface area contributed by atoms with Gasteiger partial charge in [-0.2, -0.15) is 0 Å². The monoisotopic (exact) mass is 283 g/mol. The summed E-state index contributed by atoms with van der Waals surface area (Å²) >= 11 is 5.95. The molecule has 0 saturated heterocycles. The SMILES string of the molecule is OC(Cc1ccncc1Cl)c1ccc(C(F)F)cc1. The van der Waals surface area contributed by atoms with E-state index in [4.69, 9.17) is 11.6 Å². The summed E-state index contributed by atoms with van der Waals surface area (Å²) in [5.41, 5.74) is 1.29. The Bertz CT molecular complexity index is 545. The highest BCUT2D eigenvalue weighted by atomic mass is 35.5. The van der Waals surface area contributed by atoms with E-state index in [1.165, 1.54) is 30.5 Å². The van der Waals surface area contributed by atoms with Crippen molar-refractivity contribution in [2.45, 2.75) is 19.0 Å². The minimum Gasteiger partial charge on any atom is -0.388 e. The highest BCUT2D eigenvalue weighted by Gasteiger charge is 2.12. The van der Waals surface area contributed by atoms with E-state index in [9.17, 15) is 13.9 Å². The number of pyridine rings is 1. The quantitative estimate of drug-likeness (QED) is 0.922. The van der Waals surface area contributed by atoms with E-state index in [1.807, 2.05) is 0 Å². The zero-order valence-corrected chi connectivity index (χ0v) is 10.7. The average molecular weight is 284 g/mol. The van der Waals surface area contributed by atoms with Crippen molar-refractivity contribution in [2.75, 3.05) is 0 Å². The number of hydrogen-bond acceptors (Lipinski definition) is 2. The van der Waals surface area contributed by atoms with Gasteiger partial charge in [-0.3, -0.25) is 4.98 Å². The minimum absolute atomic E-state index is 0.0575. The van der Waals surface area contributed by atoms with Crippen molar-refractivity contribution < 1.29 is 13.9 Å². The number of aromatic nitrogens is 1. The fraction of sp³-hybridized carbons (Fsp3) is 0.214. The fourth-order valence-corrected chi connectivity index (χ4v) is 1.96. The maximum Gasteiger partial charge on any atom is 0.263 e. The third-order valence-electron chi connectivity index (χ3n) is 2.84. The molecule has 1 heterocycles. The molecule has 0 amide bonds. The molecule has 0 radical (unpaired) electrons. The summed E-state index contributed by atoms with van der Waals surface area (Å²) in [6.45, 7) is 0. The highest BCUT2D eigenvalue weighted by Crippen LogP contribution is 2.25. The second-order valence-corrected chi connectivity index (χ2v) is 4.56. The molecule has 1 N–H and O–H groups in total. The van der Waals surface area contributed by atoms with Crippen LogP contribution in [0.5, 0.6) is 0 Å². The van der Waals surface area contributed by atoms with E-state index in [0.717, 1.165) is 5.56 Å². The molecule has 0 bridgehead atoms. The Morgan fingerprint density at radius 1 is 1.11 bits per heavy atom. The van der Waals surface area contributed by atoms with Crippen molar-refractivity contribution in [2.24, 2.45) is 0 Å². The Hall–Kier alpha value is -1.52. The fourth-order valence-electron chi connectivity index (χ4n) is 1.76. The van der Waals surface area contributed by atoms with E-state index in [0.29, 0.717) is 17.0 Å². The van der Waals surface area contributed by atoms with Crippen molar-refractivity contribution in [3.8, 4) is 0 Å². The van der Waals surface area contributed by atoms with Crippen LogP contribution in [0.4, 0.5) is 8.78 Å². The number of aliphatic hydroxyl groups excluding tert-OH is 1. The molecule has 1 unspecified atom stereocenters. The maximum absolute atomic E-state index is 12.4. The first-order valence-corrected chi connectivity index (χ1v) is 6.10. The number of aliphatic hydroxyl groups is 1. The number of nitrogens with zero attached hydrogens (tertiary/aromatic N) is 1. The van der Waals surface area contributed by atoms with Crippen LogP contribution in [0.1, 0.15) is 29.2 Å². The summed E-state index contributed by atoms with van der Waals surface area (Å²) < 4.78 is 24.8. The highest BCUT2D eigenvalue weighted by molar-refractivity contribution is 6.31. The van der Waals surface area contributed by atoms with Gasteiger partial charge in [0, 0.05) is 24.4 Å². The van der Waals surface area contributed by atoms with Crippen LogP contribution in [-0.4, -0.2) is 10.1 Å². The molecule has 1 aromatic heterocycles. The van der Waals surface area contributed by atoms with Crippen molar-refractivity contribution in [1.29, 1.82) is 0 Å². The largest absolute Gasteiger partial charge is 0.388 e. The smallest absolute Gasteiger partial charge is 0.263 e. The third kappa shape index (κ3) is 3.49. The molecular weight excluding hydrogens is 272 g/mol. The first kappa shape index (κ1) is 13.9. The molecule has 2 aromatic rings. The molecule has 0 fully saturated rings. The van der Waals surface area contributed by atoms with Gasteiger partial charge in [0.05, 0.1) is 11.1 Å². The van der Waals surface area contributed by atoms with E-state index in [1.54, 1.807) is 12.3 Å². The average Bonchev–Trinajstić information content (AvgIpc) is 2.41. The zero-order chi connectivity index (χ0) is 13.8. The Balaban J connectivity index is 2.12. The Kier molecular flexibility index (Phi) is 4.45. The molecule has 2 rings (SSSR count). The Labute approximate surface area is 114 Å². The molecule has 19 heavy (non-hydrogen) atoms. The number of hydrogen-bond donors (Lipinski definition) is 1. The lowest BCUT2D eigenvalue weighted by Gasteiger charge is -2.12. The maximum atomic E-state index is 12.4. The van der Waals surface area contributed by atoms with Gasteiger partial charge in [-0.1, -0.05) is 35.9 Å². The molecule has 2 nitrogen and oxygen atoms in total. The summed E-state index contributed by atoms with van der Waals surface area (Å²) in [7, 11) is 0. The zero-order valence-electron chi connectivity index (χ0n) is 9.93. The second-order valence-electron chi connectivity index (χ2n) is 4.15. The third-order valence-corrected chi connectivity index (χ3v) is 3.18. The molecule has 0 aliphatic rings. The molecule has 0 aliphatic carbocycles. The summed E-state index contributed by atoms with van der Waals surface area (Å²) in [4.78, 5) is 3.86. The van der Waals surface area contributed by atoms with Crippen molar-refractivity contribution in [3.05, 3.63) is 64.4 Å². The Morgan fingerprint density at radius 2 is 1.74 bits per heavy atom. The standard InChI is InChI=1S/C14H12ClF2NO/c15-12-8-18-6-5-11(12)7-13(19)9-1-3-10(4-2-9)14(16)17/h1-6,8,13-14,19H,7H2. The van der Waals surface area contributed by atoms with Crippen LogP contribution in [0.3, 0.4) is 0 Å². The van der Waals surface area contributed by atoms with E-state index < -0.39 is 12.5 Å². The van der Waals surface area contributed by atoms with Gasteiger partial charge < -0.3 is 5.11 Å². The van der Waals surface area contributed by atoms with Gasteiger partial charge in [0.1, 0.15) is 0 Å². The Morgan fingerprint density at radius 3 is 2.32 bits per heavy atom. The molecule has 1 atom stereocenters. The molecule has 5 heteroatoms. The lowest BCUT2D eigenvalue weighted by Crippen LogP contribution is -2.02. The number of halogens is 3. The predicted octanol–water partition coefficient (Wildman–Crippen LogP) is 3.95. The summed E-state index contributed by atoms with van der Waals surface area (Å²) in [6, 6.07) is 7.36. The van der Waals surface area contributed by atoms with Gasteiger partial charge in [-0.25, -0.2) is 8.78 Å².